The van der Waals surface area contributed by atoms with E-state index in [2.05, 4.69) is 5.32 Å². The zero-order chi connectivity index (χ0) is 13.0. The molecule has 0 fully saturated rings. The number of nitrogens with one attached hydrogen (secondary N) is 1. The van der Waals surface area contributed by atoms with Crippen LogP contribution in [0.3, 0.4) is 0 Å². The molecule has 5 heteroatoms. The van der Waals surface area contributed by atoms with Crippen molar-refractivity contribution in [3.05, 3.63) is 29.3 Å². The summed E-state index contributed by atoms with van der Waals surface area (Å²) in [6, 6.07) is 4.26. The maximum atomic E-state index is 11.8. The number of phenols is 1. The van der Waals surface area contributed by atoms with E-state index in [9.17, 15) is 14.7 Å². The molecule has 92 valence electrons. The highest BCUT2D eigenvalue weighted by molar-refractivity contribution is 5.95. The van der Waals surface area contributed by atoms with E-state index in [0.29, 0.717) is 11.1 Å². The minimum absolute atomic E-state index is 0.100. The van der Waals surface area contributed by atoms with Crippen molar-refractivity contribution in [1.82, 2.24) is 5.32 Å². The molecule has 0 aliphatic heterocycles. The van der Waals surface area contributed by atoms with Gasteiger partial charge in [-0.1, -0.05) is 0 Å². The molecule has 1 aromatic carbocycles. The van der Waals surface area contributed by atoms with E-state index in [1.54, 1.807) is 19.9 Å². The van der Waals surface area contributed by atoms with Gasteiger partial charge in [0.25, 0.3) is 5.91 Å². The summed E-state index contributed by atoms with van der Waals surface area (Å²) in [5.41, 5.74) is 6.09. The minimum Gasteiger partial charge on any atom is -0.508 e. The molecule has 0 aliphatic carbocycles. The number of primary amides is 1. The van der Waals surface area contributed by atoms with Crippen molar-refractivity contribution in [2.75, 3.05) is 0 Å². The van der Waals surface area contributed by atoms with Crippen molar-refractivity contribution in [1.29, 1.82) is 0 Å². The Labute approximate surface area is 99.6 Å². The molecule has 0 aromatic heterocycles. The smallest absolute Gasteiger partial charge is 0.251 e. The molecule has 0 saturated carbocycles. The van der Waals surface area contributed by atoms with Crippen LogP contribution in [0.4, 0.5) is 0 Å². The Morgan fingerprint density at radius 2 is 2.12 bits per heavy atom. The third kappa shape index (κ3) is 3.79. The van der Waals surface area contributed by atoms with Crippen molar-refractivity contribution in [2.24, 2.45) is 5.73 Å². The highest BCUT2D eigenvalue weighted by atomic mass is 16.3. The van der Waals surface area contributed by atoms with E-state index in [0.717, 1.165) is 0 Å². The average molecular weight is 236 g/mol. The minimum atomic E-state index is -0.459. The number of hydrogen-bond acceptors (Lipinski definition) is 3. The lowest BCUT2D eigenvalue weighted by molar-refractivity contribution is -0.118. The van der Waals surface area contributed by atoms with E-state index < -0.39 is 5.91 Å². The Morgan fingerprint density at radius 3 is 2.65 bits per heavy atom. The molecule has 17 heavy (non-hydrogen) atoms. The molecule has 1 atom stereocenters. The standard InChI is InChI=1S/C12H16N2O3/c1-7-5-9(3-4-10(7)15)12(17)14-8(2)6-11(13)16/h3-5,8,15H,6H2,1-2H3,(H2,13,16)(H,14,17). The molecular formula is C12H16N2O3. The Balaban J connectivity index is 2.70. The van der Waals surface area contributed by atoms with Crippen LogP contribution in [0, 0.1) is 6.92 Å². The molecule has 0 heterocycles. The molecule has 0 aliphatic rings. The summed E-state index contributed by atoms with van der Waals surface area (Å²) < 4.78 is 0. The topological polar surface area (TPSA) is 92.4 Å². The fourth-order valence-corrected chi connectivity index (χ4v) is 1.46. The van der Waals surface area contributed by atoms with Gasteiger partial charge in [0.1, 0.15) is 5.75 Å². The number of hydrogen-bond donors (Lipinski definition) is 3. The van der Waals surface area contributed by atoms with Gasteiger partial charge in [-0.25, -0.2) is 0 Å². The molecule has 2 amide bonds. The number of carbonyl (C=O) groups is 2. The fourth-order valence-electron chi connectivity index (χ4n) is 1.46. The molecule has 1 unspecified atom stereocenters. The van der Waals surface area contributed by atoms with Crippen LogP contribution in [-0.2, 0) is 4.79 Å². The third-order valence-electron chi connectivity index (χ3n) is 2.34. The lowest BCUT2D eigenvalue weighted by Crippen LogP contribution is -2.35. The summed E-state index contributed by atoms with van der Waals surface area (Å²) in [5, 5.41) is 12.0. The highest BCUT2D eigenvalue weighted by Crippen LogP contribution is 2.16. The van der Waals surface area contributed by atoms with E-state index >= 15 is 0 Å². The number of aromatic hydroxyl groups is 1. The maximum absolute atomic E-state index is 11.8. The average Bonchev–Trinajstić information content (AvgIpc) is 2.20. The van der Waals surface area contributed by atoms with Gasteiger partial charge in [0.2, 0.25) is 5.91 Å². The van der Waals surface area contributed by atoms with Crippen LogP contribution in [0.1, 0.15) is 29.3 Å². The molecule has 0 spiro atoms. The number of aryl methyl sites for hydroxylation is 1. The number of rotatable bonds is 4. The van der Waals surface area contributed by atoms with Gasteiger partial charge in [0.15, 0.2) is 0 Å². The first-order valence-corrected chi connectivity index (χ1v) is 5.29. The Hall–Kier alpha value is -2.04. The predicted octanol–water partition coefficient (Wildman–Crippen LogP) is 0.694. The van der Waals surface area contributed by atoms with Gasteiger partial charge in [-0.05, 0) is 37.6 Å². The second-order valence-corrected chi connectivity index (χ2v) is 4.05. The lowest BCUT2D eigenvalue weighted by Gasteiger charge is -2.12. The summed E-state index contributed by atoms with van der Waals surface area (Å²) in [6.45, 7) is 3.41. The third-order valence-corrected chi connectivity index (χ3v) is 2.34. The molecule has 4 N–H and O–H groups in total. The number of benzene rings is 1. The van der Waals surface area contributed by atoms with Crippen LogP contribution in [0.2, 0.25) is 0 Å². The largest absolute Gasteiger partial charge is 0.508 e. The SMILES string of the molecule is Cc1cc(C(=O)NC(C)CC(N)=O)ccc1O. The lowest BCUT2D eigenvalue weighted by atomic mass is 10.1. The zero-order valence-electron chi connectivity index (χ0n) is 9.86. The van der Waals surface area contributed by atoms with Crippen molar-refractivity contribution >= 4 is 11.8 Å². The summed E-state index contributed by atoms with van der Waals surface area (Å²) >= 11 is 0. The van der Waals surface area contributed by atoms with Gasteiger partial charge in [-0.15, -0.1) is 0 Å². The molecule has 1 aromatic rings. The number of phenolic OH excluding ortho intramolecular Hbond substituents is 1. The van der Waals surface area contributed by atoms with Gasteiger partial charge in [-0.3, -0.25) is 9.59 Å². The van der Waals surface area contributed by atoms with E-state index in [-0.39, 0.29) is 24.1 Å². The molecular weight excluding hydrogens is 220 g/mol. The van der Waals surface area contributed by atoms with Crippen LogP contribution in [-0.4, -0.2) is 23.0 Å². The first kappa shape index (κ1) is 13.0. The summed E-state index contributed by atoms with van der Waals surface area (Å²) in [6.07, 6.45) is 0.100. The Morgan fingerprint density at radius 1 is 1.47 bits per heavy atom. The number of carbonyl (C=O) groups excluding carboxylic acids is 2. The summed E-state index contributed by atoms with van der Waals surface area (Å²) in [4.78, 5) is 22.4. The van der Waals surface area contributed by atoms with Crippen molar-refractivity contribution < 1.29 is 14.7 Å². The van der Waals surface area contributed by atoms with Crippen molar-refractivity contribution in [2.45, 2.75) is 26.3 Å². The fraction of sp³-hybridized carbons (Fsp3) is 0.333. The summed E-state index contributed by atoms with van der Waals surface area (Å²) in [5.74, 6) is -0.603. The second-order valence-electron chi connectivity index (χ2n) is 4.05. The van der Waals surface area contributed by atoms with Gasteiger partial charge in [-0.2, -0.15) is 0 Å². The molecule has 0 saturated heterocycles. The Kier molecular flexibility index (Phi) is 4.09. The quantitative estimate of drug-likeness (QED) is 0.718. The molecule has 0 radical (unpaired) electrons. The number of amides is 2. The zero-order valence-corrected chi connectivity index (χ0v) is 9.86. The van der Waals surface area contributed by atoms with Crippen molar-refractivity contribution in [3.8, 4) is 5.75 Å². The Bertz CT molecular complexity index is 443. The van der Waals surface area contributed by atoms with Crippen LogP contribution < -0.4 is 11.1 Å². The normalized spacial score (nSPS) is 11.9. The van der Waals surface area contributed by atoms with E-state index in [1.807, 2.05) is 0 Å². The van der Waals surface area contributed by atoms with E-state index in [4.69, 9.17) is 5.73 Å². The molecule has 5 nitrogen and oxygen atoms in total. The van der Waals surface area contributed by atoms with Crippen LogP contribution in [0.25, 0.3) is 0 Å². The van der Waals surface area contributed by atoms with Gasteiger partial charge in [0, 0.05) is 18.0 Å². The van der Waals surface area contributed by atoms with Crippen LogP contribution in [0.5, 0.6) is 5.75 Å². The van der Waals surface area contributed by atoms with E-state index in [1.165, 1.54) is 12.1 Å². The van der Waals surface area contributed by atoms with Crippen LogP contribution in [0.15, 0.2) is 18.2 Å². The molecule has 0 bridgehead atoms. The maximum Gasteiger partial charge on any atom is 0.251 e. The van der Waals surface area contributed by atoms with Gasteiger partial charge in [0.05, 0.1) is 0 Å². The predicted molar refractivity (Wildman–Crippen MR) is 63.6 cm³/mol. The monoisotopic (exact) mass is 236 g/mol. The highest BCUT2D eigenvalue weighted by Gasteiger charge is 2.12. The van der Waals surface area contributed by atoms with Crippen molar-refractivity contribution in [3.63, 3.8) is 0 Å². The number of nitrogens with two attached hydrogens (primary N) is 1. The van der Waals surface area contributed by atoms with Gasteiger partial charge >= 0.3 is 0 Å². The second kappa shape index (κ2) is 5.34. The van der Waals surface area contributed by atoms with Crippen LogP contribution >= 0.6 is 0 Å². The first-order chi connectivity index (χ1) is 7.90. The van der Waals surface area contributed by atoms with Gasteiger partial charge < -0.3 is 16.2 Å². The molecule has 1 rings (SSSR count). The summed E-state index contributed by atoms with van der Waals surface area (Å²) in [7, 11) is 0. The first-order valence-electron chi connectivity index (χ1n) is 5.29.